The smallest absolute Gasteiger partial charge is 0.414 e. The second-order valence-electron chi connectivity index (χ2n) is 4.32. The summed E-state index contributed by atoms with van der Waals surface area (Å²) in [4.78, 5) is 25.8. The monoisotopic (exact) mass is 270 g/mol. The molecule has 2 atom stereocenters. The fourth-order valence-electron chi connectivity index (χ4n) is 1.97. The van der Waals surface area contributed by atoms with E-state index in [0.29, 0.717) is 12.5 Å². The Hall–Kier alpha value is -1.89. The molecule has 2 rings (SSSR count). The predicted octanol–water partition coefficient (Wildman–Crippen LogP) is 0.426. The SMILES string of the molecule is C=CCCON=C1CN2CCC1C2.O=C(O)C(=O)O. The van der Waals surface area contributed by atoms with Gasteiger partial charge in [-0.2, -0.15) is 0 Å². The standard InChI is InChI=1S/C10H16N2O.C2H2O4/c1-2-3-6-13-11-10-8-12-5-4-9(10)7-12;3-1(4)2(5)6/h2,9H,1,3-8H2;(H,3,4)(H,5,6). The van der Waals surface area contributed by atoms with E-state index in [-0.39, 0.29) is 0 Å². The van der Waals surface area contributed by atoms with Gasteiger partial charge in [-0.3, -0.25) is 4.90 Å². The van der Waals surface area contributed by atoms with Crippen LogP contribution in [0.25, 0.3) is 0 Å². The van der Waals surface area contributed by atoms with Gasteiger partial charge in [0.15, 0.2) is 0 Å². The van der Waals surface area contributed by atoms with E-state index in [1.165, 1.54) is 25.2 Å². The van der Waals surface area contributed by atoms with E-state index < -0.39 is 11.9 Å². The first-order valence-electron chi connectivity index (χ1n) is 6.02. The molecule has 0 aromatic heterocycles. The number of nitrogens with zero attached hydrogens (tertiary/aromatic N) is 2. The average Bonchev–Trinajstić information content (AvgIpc) is 2.97. The quantitative estimate of drug-likeness (QED) is 0.332. The van der Waals surface area contributed by atoms with Gasteiger partial charge in [-0.25, -0.2) is 9.59 Å². The van der Waals surface area contributed by atoms with Crippen molar-refractivity contribution >= 4 is 17.7 Å². The molecule has 106 valence electrons. The number of hydrogen-bond acceptors (Lipinski definition) is 5. The summed E-state index contributed by atoms with van der Waals surface area (Å²) >= 11 is 0. The van der Waals surface area contributed by atoms with Crippen molar-refractivity contribution in [1.29, 1.82) is 0 Å². The molecular weight excluding hydrogens is 252 g/mol. The third-order valence-corrected chi connectivity index (χ3v) is 2.91. The van der Waals surface area contributed by atoms with Gasteiger partial charge < -0.3 is 15.1 Å². The lowest BCUT2D eigenvalue weighted by molar-refractivity contribution is -0.159. The lowest BCUT2D eigenvalue weighted by atomic mass is 10.0. The van der Waals surface area contributed by atoms with E-state index in [0.717, 1.165) is 13.0 Å². The van der Waals surface area contributed by atoms with Gasteiger partial charge in [-0.1, -0.05) is 11.2 Å². The second-order valence-corrected chi connectivity index (χ2v) is 4.32. The molecule has 0 amide bonds. The largest absolute Gasteiger partial charge is 0.473 e. The number of aliphatic carboxylic acids is 2. The zero-order chi connectivity index (χ0) is 14.3. The molecule has 2 fully saturated rings. The first kappa shape index (κ1) is 15.2. The van der Waals surface area contributed by atoms with Gasteiger partial charge in [-0.05, 0) is 13.0 Å². The topological polar surface area (TPSA) is 99.4 Å². The van der Waals surface area contributed by atoms with Crippen LogP contribution in [0.4, 0.5) is 0 Å². The normalized spacial score (nSPS) is 25.6. The molecule has 0 aromatic rings. The van der Waals surface area contributed by atoms with E-state index in [2.05, 4.69) is 16.6 Å². The number of carboxylic acid groups (broad SMARTS) is 2. The van der Waals surface area contributed by atoms with Gasteiger partial charge in [0.25, 0.3) is 0 Å². The molecule has 2 aliphatic rings. The maximum Gasteiger partial charge on any atom is 0.414 e. The summed E-state index contributed by atoms with van der Waals surface area (Å²) in [6.45, 7) is 7.77. The van der Waals surface area contributed by atoms with Crippen LogP contribution < -0.4 is 0 Å². The van der Waals surface area contributed by atoms with Crippen LogP contribution in [-0.4, -0.2) is 59.0 Å². The van der Waals surface area contributed by atoms with E-state index in [9.17, 15) is 0 Å². The van der Waals surface area contributed by atoms with Gasteiger partial charge in [0.1, 0.15) is 6.61 Å². The van der Waals surface area contributed by atoms with Crippen molar-refractivity contribution in [3.63, 3.8) is 0 Å². The third-order valence-electron chi connectivity index (χ3n) is 2.91. The van der Waals surface area contributed by atoms with Crippen LogP contribution >= 0.6 is 0 Å². The summed E-state index contributed by atoms with van der Waals surface area (Å²) in [6, 6.07) is 0. The molecule has 0 aliphatic carbocycles. The maximum atomic E-state index is 9.10. The third kappa shape index (κ3) is 5.09. The summed E-state index contributed by atoms with van der Waals surface area (Å²) in [6.07, 6.45) is 4.00. The molecule has 7 heteroatoms. The van der Waals surface area contributed by atoms with Crippen LogP contribution in [0.2, 0.25) is 0 Å². The minimum Gasteiger partial charge on any atom is -0.473 e. The lowest BCUT2D eigenvalue weighted by Crippen LogP contribution is -2.23. The number of carboxylic acids is 2. The Morgan fingerprint density at radius 1 is 1.47 bits per heavy atom. The molecule has 2 unspecified atom stereocenters. The molecule has 2 saturated heterocycles. The zero-order valence-electron chi connectivity index (χ0n) is 10.6. The highest BCUT2D eigenvalue weighted by molar-refractivity contribution is 6.27. The molecule has 0 saturated carbocycles. The first-order chi connectivity index (χ1) is 9.04. The van der Waals surface area contributed by atoms with Crippen LogP contribution in [0, 0.1) is 5.92 Å². The molecule has 0 radical (unpaired) electrons. The summed E-state index contributed by atoms with van der Waals surface area (Å²) in [5.41, 5.74) is 1.25. The number of rotatable bonds is 4. The molecule has 2 N–H and O–H groups in total. The fraction of sp³-hybridized carbons (Fsp3) is 0.583. The van der Waals surface area contributed by atoms with Gasteiger partial charge in [-0.15, -0.1) is 6.58 Å². The van der Waals surface area contributed by atoms with Crippen molar-refractivity contribution in [3.05, 3.63) is 12.7 Å². The number of carbonyl (C=O) groups is 2. The average molecular weight is 270 g/mol. The van der Waals surface area contributed by atoms with Crippen molar-refractivity contribution in [1.82, 2.24) is 4.90 Å². The molecule has 0 aromatic carbocycles. The Bertz CT molecular complexity index is 368. The highest BCUT2D eigenvalue weighted by atomic mass is 16.6. The van der Waals surface area contributed by atoms with Crippen LogP contribution in [0.1, 0.15) is 12.8 Å². The minimum absolute atomic E-state index is 0.666. The molecule has 2 aliphatic heterocycles. The zero-order valence-corrected chi connectivity index (χ0v) is 10.6. The summed E-state index contributed by atoms with van der Waals surface area (Å²) in [5, 5.41) is 19.0. The number of fused-ring (bicyclic) bond motifs is 2. The van der Waals surface area contributed by atoms with Crippen molar-refractivity contribution in [2.24, 2.45) is 11.1 Å². The van der Waals surface area contributed by atoms with Gasteiger partial charge in [0.05, 0.1) is 5.71 Å². The van der Waals surface area contributed by atoms with Crippen LogP contribution in [0.15, 0.2) is 17.8 Å². The van der Waals surface area contributed by atoms with Gasteiger partial charge in [0, 0.05) is 25.4 Å². The number of hydrogen-bond donors (Lipinski definition) is 2. The number of piperidine rings is 1. The maximum absolute atomic E-state index is 9.10. The van der Waals surface area contributed by atoms with Crippen molar-refractivity contribution in [2.75, 3.05) is 26.2 Å². The summed E-state index contributed by atoms with van der Waals surface area (Å²) < 4.78 is 0. The molecule has 0 spiro atoms. The lowest BCUT2D eigenvalue weighted by Gasteiger charge is -2.12. The summed E-state index contributed by atoms with van der Waals surface area (Å²) in [7, 11) is 0. The predicted molar refractivity (Wildman–Crippen MR) is 68.0 cm³/mol. The minimum atomic E-state index is -1.82. The van der Waals surface area contributed by atoms with Crippen LogP contribution in [0.3, 0.4) is 0 Å². The van der Waals surface area contributed by atoms with E-state index in [1.54, 1.807) is 0 Å². The van der Waals surface area contributed by atoms with E-state index in [4.69, 9.17) is 24.6 Å². The van der Waals surface area contributed by atoms with E-state index >= 15 is 0 Å². The Morgan fingerprint density at radius 2 is 2.16 bits per heavy atom. The van der Waals surface area contributed by atoms with Crippen molar-refractivity contribution in [3.8, 4) is 0 Å². The van der Waals surface area contributed by atoms with Crippen LogP contribution in [-0.2, 0) is 14.4 Å². The Labute approximate surface area is 111 Å². The van der Waals surface area contributed by atoms with Crippen molar-refractivity contribution < 1.29 is 24.6 Å². The van der Waals surface area contributed by atoms with Gasteiger partial charge in [0.2, 0.25) is 0 Å². The molecule has 2 heterocycles. The molecule has 7 nitrogen and oxygen atoms in total. The van der Waals surface area contributed by atoms with Gasteiger partial charge >= 0.3 is 11.9 Å². The van der Waals surface area contributed by atoms with E-state index in [1.807, 2.05) is 6.08 Å². The fourth-order valence-corrected chi connectivity index (χ4v) is 1.97. The molecule has 19 heavy (non-hydrogen) atoms. The molecular formula is C12H18N2O5. The Balaban J connectivity index is 0.000000258. The highest BCUT2D eigenvalue weighted by Gasteiger charge is 2.35. The Morgan fingerprint density at radius 3 is 2.58 bits per heavy atom. The highest BCUT2D eigenvalue weighted by Crippen LogP contribution is 2.25. The Kier molecular flexibility index (Phi) is 6.01. The number of oxime groups is 1. The van der Waals surface area contributed by atoms with Crippen molar-refractivity contribution in [2.45, 2.75) is 12.8 Å². The van der Waals surface area contributed by atoms with Crippen LogP contribution in [0.5, 0.6) is 0 Å². The molecule has 2 bridgehead atoms. The summed E-state index contributed by atoms with van der Waals surface area (Å²) in [5.74, 6) is -2.96. The first-order valence-corrected chi connectivity index (χ1v) is 6.02. The second kappa shape index (κ2) is 7.52.